The van der Waals surface area contributed by atoms with E-state index in [2.05, 4.69) is 22.0 Å². The predicted octanol–water partition coefficient (Wildman–Crippen LogP) is 4.14. The van der Waals surface area contributed by atoms with Gasteiger partial charge in [-0.3, -0.25) is 4.79 Å². The van der Waals surface area contributed by atoms with E-state index >= 15 is 0 Å². The van der Waals surface area contributed by atoms with Gasteiger partial charge in [0.05, 0.1) is 31.9 Å². The van der Waals surface area contributed by atoms with Gasteiger partial charge < -0.3 is 14.1 Å². The van der Waals surface area contributed by atoms with Crippen molar-refractivity contribution < 1.29 is 13.9 Å². The zero-order chi connectivity index (χ0) is 17.2. The zero-order valence-corrected chi connectivity index (χ0v) is 14.9. The van der Waals surface area contributed by atoms with Crippen LogP contribution >= 0.6 is 15.9 Å². The van der Waals surface area contributed by atoms with Gasteiger partial charge >= 0.3 is 0 Å². The summed E-state index contributed by atoms with van der Waals surface area (Å²) < 4.78 is 11.9. The molecule has 5 nitrogen and oxygen atoms in total. The number of halogens is 1. The van der Waals surface area contributed by atoms with E-state index in [9.17, 15) is 4.79 Å². The Hall–Kier alpha value is -2.26. The number of hydrogen-bond acceptors (Lipinski definition) is 4. The summed E-state index contributed by atoms with van der Waals surface area (Å²) in [7, 11) is 0. The van der Waals surface area contributed by atoms with E-state index in [4.69, 9.17) is 14.4 Å². The molecule has 0 saturated heterocycles. The first-order valence-electron chi connectivity index (χ1n) is 7.74. The highest BCUT2D eigenvalue weighted by molar-refractivity contribution is 9.10. The normalized spacial score (nSPS) is 10.2. The van der Waals surface area contributed by atoms with Gasteiger partial charge in [0.15, 0.2) is 0 Å². The summed E-state index contributed by atoms with van der Waals surface area (Å²) in [4.78, 5) is 14.0. The number of nitrogens with zero attached hydrogens (tertiary/aromatic N) is 2. The molecule has 1 aromatic carbocycles. The third-order valence-corrected chi connectivity index (χ3v) is 3.87. The molecule has 2 aromatic rings. The number of furan rings is 1. The van der Waals surface area contributed by atoms with Gasteiger partial charge in [0.1, 0.15) is 11.5 Å². The van der Waals surface area contributed by atoms with Crippen LogP contribution in [0.3, 0.4) is 0 Å². The van der Waals surface area contributed by atoms with Crippen LogP contribution in [0.15, 0.2) is 51.6 Å². The van der Waals surface area contributed by atoms with Gasteiger partial charge in [-0.15, -0.1) is 0 Å². The highest BCUT2D eigenvalue weighted by Gasteiger charge is 2.14. The Bertz CT molecular complexity index is 680. The van der Waals surface area contributed by atoms with Crippen molar-refractivity contribution in [1.82, 2.24) is 4.90 Å². The lowest BCUT2D eigenvalue weighted by molar-refractivity contribution is -0.132. The van der Waals surface area contributed by atoms with Crippen LogP contribution in [0.4, 0.5) is 0 Å². The van der Waals surface area contributed by atoms with Crippen molar-refractivity contribution >= 4 is 21.8 Å². The summed E-state index contributed by atoms with van der Waals surface area (Å²) in [6, 6.07) is 13.3. The number of benzene rings is 1. The molecule has 1 heterocycles. The van der Waals surface area contributed by atoms with Crippen LogP contribution in [-0.2, 0) is 11.3 Å². The van der Waals surface area contributed by atoms with Gasteiger partial charge in [-0.1, -0.05) is 22.0 Å². The second-order valence-corrected chi connectivity index (χ2v) is 6.13. The molecule has 0 radical (unpaired) electrons. The maximum Gasteiger partial charge on any atom is 0.223 e. The minimum atomic E-state index is -0.000470. The second-order valence-electron chi connectivity index (χ2n) is 5.21. The Morgan fingerprint density at radius 2 is 2.21 bits per heavy atom. The number of nitriles is 1. The largest absolute Gasteiger partial charge is 0.494 e. The molecule has 24 heavy (non-hydrogen) atoms. The Balaban J connectivity index is 1.78. The Morgan fingerprint density at radius 1 is 1.33 bits per heavy atom. The molecule has 1 aromatic heterocycles. The summed E-state index contributed by atoms with van der Waals surface area (Å²) >= 11 is 3.39. The van der Waals surface area contributed by atoms with Gasteiger partial charge in [0, 0.05) is 17.4 Å². The van der Waals surface area contributed by atoms with Crippen LogP contribution in [0.25, 0.3) is 0 Å². The van der Waals surface area contributed by atoms with Gasteiger partial charge in [0.2, 0.25) is 5.91 Å². The lowest BCUT2D eigenvalue weighted by Crippen LogP contribution is -2.31. The predicted molar refractivity (Wildman–Crippen MR) is 93.2 cm³/mol. The van der Waals surface area contributed by atoms with E-state index in [0.29, 0.717) is 44.7 Å². The molecule has 0 atom stereocenters. The molecule has 0 aliphatic heterocycles. The maximum atomic E-state index is 12.4. The Morgan fingerprint density at radius 3 is 2.92 bits per heavy atom. The first-order chi connectivity index (χ1) is 11.7. The van der Waals surface area contributed by atoms with Crippen molar-refractivity contribution in [3.8, 4) is 11.8 Å². The smallest absolute Gasteiger partial charge is 0.223 e. The summed E-state index contributed by atoms with van der Waals surface area (Å²) in [6.07, 6.45) is 2.88. The average molecular weight is 391 g/mol. The Kier molecular flexibility index (Phi) is 7.37. The quantitative estimate of drug-likeness (QED) is 0.603. The van der Waals surface area contributed by atoms with Crippen LogP contribution in [0.1, 0.15) is 25.0 Å². The summed E-state index contributed by atoms with van der Waals surface area (Å²) in [6.45, 7) is 1.26. The number of amides is 1. The van der Waals surface area contributed by atoms with Crippen molar-refractivity contribution in [2.45, 2.75) is 25.8 Å². The summed E-state index contributed by atoms with van der Waals surface area (Å²) in [5.74, 6) is 1.49. The van der Waals surface area contributed by atoms with E-state index in [1.807, 2.05) is 30.3 Å². The minimum Gasteiger partial charge on any atom is -0.494 e. The van der Waals surface area contributed by atoms with Crippen molar-refractivity contribution in [3.05, 3.63) is 52.9 Å². The van der Waals surface area contributed by atoms with Crippen molar-refractivity contribution in [3.63, 3.8) is 0 Å². The Labute approximate surface area is 149 Å². The first kappa shape index (κ1) is 18.1. The van der Waals surface area contributed by atoms with Gasteiger partial charge in [-0.25, -0.2) is 0 Å². The third kappa shape index (κ3) is 6.09. The van der Waals surface area contributed by atoms with Crippen molar-refractivity contribution in [2.75, 3.05) is 13.2 Å². The maximum absolute atomic E-state index is 12.4. The number of carbonyl (C=O) groups excluding carboxylic acids is 1. The fourth-order valence-electron chi connectivity index (χ4n) is 2.20. The molecular formula is C18H19BrN2O3. The van der Waals surface area contributed by atoms with E-state index in [1.54, 1.807) is 17.2 Å². The number of hydrogen-bond donors (Lipinski definition) is 0. The molecule has 0 bridgehead atoms. The lowest BCUT2D eigenvalue weighted by atomic mass is 10.2. The molecule has 0 spiro atoms. The van der Waals surface area contributed by atoms with E-state index in [0.717, 1.165) is 10.2 Å². The molecule has 0 aliphatic carbocycles. The van der Waals surface area contributed by atoms with Crippen LogP contribution in [0, 0.1) is 11.3 Å². The highest BCUT2D eigenvalue weighted by atomic mass is 79.9. The van der Waals surface area contributed by atoms with E-state index in [1.165, 1.54) is 0 Å². The fourth-order valence-corrected chi connectivity index (χ4v) is 2.57. The molecule has 6 heteroatoms. The minimum absolute atomic E-state index is 0.000470. The standard InChI is InChI=1S/C18H19BrN2O3/c19-15-5-1-6-16(13-15)23-12-3-8-18(22)21(10-4-9-20)14-17-7-2-11-24-17/h1-2,5-7,11,13H,3-4,8,10,12,14H2. The third-order valence-electron chi connectivity index (χ3n) is 3.37. The topological polar surface area (TPSA) is 66.5 Å². The molecule has 0 fully saturated rings. The number of carbonyl (C=O) groups is 1. The van der Waals surface area contributed by atoms with Gasteiger partial charge in [0.25, 0.3) is 0 Å². The average Bonchev–Trinajstić information content (AvgIpc) is 3.08. The monoisotopic (exact) mass is 390 g/mol. The second kappa shape index (κ2) is 9.78. The summed E-state index contributed by atoms with van der Waals surface area (Å²) in [5.41, 5.74) is 0. The number of rotatable bonds is 9. The molecule has 0 aliphatic rings. The van der Waals surface area contributed by atoms with Crippen LogP contribution in [-0.4, -0.2) is 24.0 Å². The lowest BCUT2D eigenvalue weighted by Gasteiger charge is -2.20. The van der Waals surface area contributed by atoms with Crippen LogP contribution in [0.2, 0.25) is 0 Å². The SMILES string of the molecule is N#CCCN(Cc1ccco1)C(=O)CCCOc1cccc(Br)c1. The zero-order valence-electron chi connectivity index (χ0n) is 13.3. The summed E-state index contributed by atoms with van der Waals surface area (Å²) in [5, 5.41) is 8.75. The fraction of sp³-hybridized carbons (Fsp3) is 0.333. The van der Waals surface area contributed by atoms with Crippen LogP contribution in [0.5, 0.6) is 5.75 Å². The first-order valence-corrected chi connectivity index (χ1v) is 8.54. The van der Waals surface area contributed by atoms with Gasteiger partial charge in [-0.2, -0.15) is 5.26 Å². The van der Waals surface area contributed by atoms with Gasteiger partial charge in [-0.05, 0) is 36.8 Å². The van der Waals surface area contributed by atoms with E-state index in [-0.39, 0.29) is 5.91 Å². The molecular weight excluding hydrogens is 372 g/mol. The molecule has 126 valence electrons. The highest BCUT2D eigenvalue weighted by Crippen LogP contribution is 2.18. The van der Waals surface area contributed by atoms with Crippen molar-refractivity contribution in [1.29, 1.82) is 5.26 Å². The molecule has 0 saturated carbocycles. The molecule has 0 N–H and O–H groups in total. The van der Waals surface area contributed by atoms with E-state index < -0.39 is 0 Å². The van der Waals surface area contributed by atoms with Crippen LogP contribution < -0.4 is 4.74 Å². The molecule has 0 unspecified atom stereocenters. The molecule has 2 rings (SSSR count). The molecule has 1 amide bonds. The number of ether oxygens (including phenoxy) is 1. The van der Waals surface area contributed by atoms with Crippen molar-refractivity contribution in [2.24, 2.45) is 0 Å².